The van der Waals surface area contributed by atoms with E-state index in [1.165, 1.54) is 11.1 Å². The van der Waals surface area contributed by atoms with Gasteiger partial charge in [-0.25, -0.2) is 0 Å². The molecule has 1 N–H and O–H groups in total. The summed E-state index contributed by atoms with van der Waals surface area (Å²) in [7, 11) is 0. The lowest BCUT2D eigenvalue weighted by atomic mass is 10.1. The Kier molecular flexibility index (Phi) is 5.93. The second-order valence-corrected chi connectivity index (χ2v) is 5.66. The molecule has 2 aromatic rings. The third-order valence-electron chi connectivity index (χ3n) is 3.53. The van der Waals surface area contributed by atoms with Gasteiger partial charge in [0.2, 0.25) is 5.89 Å². The molecule has 0 saturated heterocycles. The summed E-state index contributed by atoms with van der Waals surface area (Å²) >= 11 is 0. The molecular formula is C17H25N3O. The van der Waals surface area contributed by atoms with Gasteiger partial charge in [-0.3, -0.25) is 0 Å². The van der Waals surface area contributed by atoms with Crippen LogP contribution in [-0.4, -0.2) is 22.7 Å². The van der Waals surface area contributed by atoms with Crippen LogP contribution in [0.15, 0.2) is 28.8 Å². The topological polar surface area (TPSA) is 51.0 Å². The van der Waals surface area contributed by atoms with Gasteiger partial charge in [0.15, 0.2) is 5.82 Å². The maximum atomic E-state index is 5.33. The minimum atomic E-state index is 0.484. The normalized spacial score (nSPS) is 12.5. The van der Waals surface area contributed by atoms with Crippen LogP contribution in [0.1, 0.15) is 49.5 Å². The molecule has 1 atom stereocenters. The first-order chi connectivity index (χ1) is 10.2. The molecule has 1 aromatic heterocycles. The van der Waals surface area contributed by atoms with Crippen LogP contribution in [0.4, 0.5) is 0 Å². The van der Waals surface area contributed by atoms with Crippen molar-refractivity contribution in [2.75, 3.05) is 6.54 Å². The second-order valence-electron chi connectivity index (χ2n) is 5.66. The summed E-state index contributed by atoms with van der Waals surface area (Å²) < 4.78 is 5.33. The zero-order chi connectivity index (χ0) is 15.1. The van der Waals surface area contributed by atoms with Gasteiger partial charge in [0, 0.05) is 18.9 Å². The Morgan fingerprint density at radius 2 is 2.00 bits per heavy atom. The third-order valence-corrected chi connectivity index (χ3v) is 3.53. The molecule has 0 bridgehead atoms. The third kappa shape index (κ3) is 5.31. The molecule has 0 radical (unpaired) electrons. The number of hydrogen-bond donors (Lipinski definition) is 1. The molecule has 0 amide bonds. The smallest absolute Gasteiger partial charge is 0.226 e. The molecule has 2 rings (SSSR count). The van der Waals surface area contributed by atoms with Gasteiger partial charge >= 0.3 is 0 Å². The molecule has 1 unspecified atom stereocenters. The standard InChI is InChI=1S/C17H25N3O/c1-4-11-18-14(3)7-10-17-19-16(20-21-17)12-15-8-5-13(2)6-9-15/h5-6,8-9,14,18H,4,7,10-12H2,1-3H3. The molecule has 21 heavy (non-hydrogen) atoms. The van der Waals surface area contributed by atoms with E-state index in [2.05, 4.69) is 60.5 Å². The zero-order valence-corrected chi connectivity index (χ0v) is 13.2. The molecule has 0 saturated carbocycles. The Labute approximate surface area is 127 Å². The highest BCUT2D eigenvalue weighted by Gasteiger charge is 2.09. The van der Waals surface area contributed by atoms with E-state index in [1.54, 1.807) is 0 Å². The summed E-state index contributed by atoms with van der Waals surface area (Å²) in [6.07, 6.45) is 3.74. The molecule has 1 aromatic carbocycles. The van der Waals surface area contributed by atoms with Crippen molar-refractivity contribution in [1.82, 2.24) is 15.5 Å². The van der Waals surface area contributed by atoms with Crippen molar-refractivity contribution < 1.29 is 4.52 Å². The average Bonchev–Trinajstić information content (AvgIpc) is 2.93. The number of aryl methyl sites for hydroxylation is 2. The Hall–Kier alpha value is -1.68. The van der Waals surface area contributed by atoms with Crippen LogP contribution in [-0.2, 0) is 12.8 Å². The first kappa shape index (κ1) is 15.7. The van der Waals surface area contributed by atoms with Crippen molar-refractivity contribution >= 4 is 0 Å². The first-order valence-corrected chi connectivity index (χ1v) is 7.77. The molecule has 4 heteroatoms. The molecular weight excluding hydrogens is 262 g/mol. The number of nitrogens with zero attached hydrogens (tertiary/aromatic N) is 2. The van der Waals surface area contributed by atoms with Gasteiger partial charge in [0.05, 0.1) is 0 Å². The Bertz CT molecular complexity index is 533. The Morgan fingerprint density at radius 3 is 2.71 bits per heavy atom. The molecule has 0 aliphatic heterocycles. The van der Waals surface area contributed by atoms with Crippen molar-refractivity contribution in [1.29, 1.82) is 0 Å². The fourth-order valence-electron chi connectivity index (χ4n) is 2.18. The Balaban J connectivity index is 1.82. The van der Waals surface area contributed by atoms with Crippen LogP contribution < -0.4 is 5.32 Å². The molecule has 0 spiro atoms. The van der Waals surface area contributed by atoms with E-state index in [-0.39, 0.29) is 0 Å². The fourth-order valence-corrected chi connectivity index (χ4v) is 2.18. The predicted octanol–water partition coefficient (Wildman–Crippen LogP) is 3.29. The number of rotatable bonds is 8. The lowest BCUT2D eigenvalue weighted by Gasteiger charge is -2.10. The van der Waals surface area contributed by atoms with Gasteiger partial charge < -0.3 is 9.84 Å². The van der Waals surface area contributed by atoms with E-state index in [1.807, 2.05) is 0 Å². The molecule has 4 nitrogen and oxygen atoms in total. The van der Waals surface area contributed by atoms with Crippen LogP contribution in [0, 0.1) is 6.92 Å². The van der Waals surface area contributed by atoms with Crippen molar-refractivity contribution in [3.05, 3.63) is 47.1 Å². The van der Waals surface area contributed by atoms with Crippen molar-refractivity contribution in [3.63, 3.8) is 0 Å². The SMILES string of the molecule is CCCNC(C)CCc1nc(Cc2ccc(C)cc2)no1. The van der Waals surface area contributed by atoms with Crippen LogP contribution in [0.5, 0.6) is 0 Å². The number of nitrogens with one attached hydrogen (secondary N) is 1. The maximum absolute atomic E-state index is 5.33. The van der Waals surface area contributed by atoms with E-state index in [0.717, 1.165) is 43.9 Å². The minimum absolute atomic E-state index is 0.484. The first-order valence-electron chi connectivity index (χ1n) is 7.77. The maximum Gasteiger partial charge on any atom is 0.226 e. The zero-order valence-electron chi connectivity index (χ0n) is 13.2. The van der Waals surface area contributed by atoms with Crippen LogP contribution >= 0.6 is 0 Å². The fraction of sp³-hybridized carbons (Fsp3) is 0.529. The summed E-state index contributed by atoms with van der Waals surface area (Å²) in [4.78, 5) is 4.47. The average molecular weight is 287 g/mol. The van der Waals surface area contributed by atoms with Gasteiger partial charge in [-0.2, -0.15) is 4.98 Å². The second kappa shape index (κ2) is 7.93. The van der Waals surface area contributed by atoms with E-state index < -0.39 is 0 Å². The molecule has 0 aliphatic carbocycles. The van der Waals surface area contributed by atoms with Gasteiger partial charge in [-0.1, -0.05) is 41.9 Å². The number of hydrogen-bond acceptors (Lipinski definition) is 4. The summed E-state index contributed by atoms with van der Waals surface area (Å²) in [6.45, 7) is 7.52. The van der Waals surface area contributed by atoms with Crippen molar-refractivity contribution in [3.8, 4) is 0 Å². The van der Waals surface area contributed by atoms with Gasteiger partial charge in [-0.05, 0) is 38.8 Å². The predicted molar refractivity (Wildman–Crippen MR) is 84.4 cm³/mol. The molecule has 0 aliphatic rings. The van der Waals surface area contributed by atoms with Crippen molar-refractivity contribution in [2.24, 2.45) is 0 Å². The lowest BCUT2D eigenvalue weighted by Crippen LogP contribution is -2.27. The van der Waals surface area contributed by atoms with Crippen LogP contribution in [0.25, 0.3) is 0 Å². The molecule has 0 fully saturated rings. The molecule has 114 valence electrons. The summed E-state index contributed by atoms with van der Waals surface area (Å²) in [5, 5.41) is 7.53. The highest BCUT2D eigenvalue weighted by Crippen LogP contribution is 2.10. The van der Waals surface area contributed by atoms with Gasteiger partial charge in [0.25, 0.3) is 0 Å². The van der Waals surface area contributed by atoms with E-state index in [9.17, 15) is 0 Å². The summed E-state index contributed by atoms with van der Waals surface area (Å²) in [5.41, 5.74) is 2.48. The molecule has 1 heterocycles. The van der Waals surface area contributed by atoms with Gasteiger partial charge in [-0.15, -0.1) is 0 Å². The van der Waals surface area contributed by atoms with Crippen LogP contribution in [0.3, 0.4) is 0 Å². The van der Waals surface area contributed by atoms with Crippen molar-refractivity contribution in [2.45, 2.75) is 52.5 Å². The summed E-state index contributed by atoms with van der Waals surface area (Å²) in [6, 6.07) is 8.93. The Morgan fingerprint density at radius 1 is 1.24 bits per heavy atom. The highest BCUT2D eigenvalue weighted by atomic mass is 16.5. The van der Waals surface area contributed by atoms with Gasteiger partial charge in [0.1, 0.15) is 0 Å². The van der Waals surface area contributed by atoms with Crippen LogP contribution in [0.2, 0.25) is 0 Å². The monoisotopic (exact) mass is 287 g/mol. The number of benzene rings is 1. The number of aromatic nitrogens is 2. The van der Waals surface area contributed by atoms with E-state index >= 15 is 0 Å². The van der Waals surface area contributed by atoms with E-state index in [4.69, 9.17) is 4.52 Å². The minimum Gasteiger partial charge on any atom is -0.339 e. The van der Waals surface area contributed by atoms with E-state index in [0.29, 0.717) is 6.04 Å². The summed E-state index contributed by atoms with van der Waals surface area (Å²) in [5.74, 6) is 1.50. The lowest BCUT2D eigenvalue weighted by molar-refractivity contribution is 0.363. The largest absolute Gasteiger partial charge is 0.339 e. The quantitative estimate of drug-likeness (QED) is 0.809. The highest BCUT2D eigenvalue weighted by molar-refractivity contribution is 5.23.